The monoisotopic (exact) mass is 356 g/mol. The minimum atomic E-state index is 0.261. The van der Waals surface area contributed by atoms with Crippen LogP contribution in [0, 0.1) is 17.2 Å². The largest absolute Gasteiger partial charge is 0.299 e. The number of piperidine rings is 1. The fourth-order valence-electron chi connectivity index (χ4n) is 2.13. The maximum atomic E-state index is 8.87. The van der Waals surface area contributed by atoms with Crippen molar-refractivity contribution in [3.8, 4) is 6.07 Å². The van der Waals surface area contributed by atoms with Crippen LogP contribution >= 0.6 is 31.9 Å². The number of hydrogen-bond donors (Lipinski definition) is 0. The maximum Gasteiger partial charge on any atom is 0.0656 e. The second-order valence-corrected chi connectivity index (χ2v) is 6.19. The summed E-state index contributed by atoms with van der Waals surface area (Å²) in [6, 6.07) is 8.63. The van der Waals surface area contributed by atoms with Crippen molar-refractivity contribution in [2.45, 2.75) is 19.4 Å². The predicted octanol–water partition coefficient (Wildman–Crippen LogP) is 3.95. The normalized spacial score (nSPS) is 17.9. The molecule has 0 saturated carbocycles. The summed E-state index contributed by atoms with van der Waals surface area (Å²) in [5, 5.41) is 8.87. The van der Waals surface area contributed by atoms with E-state index < -0.39 is 0 Å². The van der Waals surface area contributed by atoms with Crippen molar-refractivity contribution in [1.82, 2.24) is 4.90 Å². The van der Waals surface area contributed by atoms with Crippen LogP contribution in [0.15, 0.2) is 27.1 Å². The molecule has 1 aromatic rings. The highest BCUT2D eigenvalue weighted by molar-refractivity contribution is 9.11. The lowest BCUT2D eigenvalue weighted by Gasteiger charge is -2.29. The lowest BCUT2D eigenvalue weighted by Crippen LogP contribution is -2.32. The van der Waals surface area contributed by atoms with E-state index in [1.54, 1.807) is 0 Å². The van der Waals surface area contributed by atoms with Crippen LogP contribution in [-0.4, -0.2) is 18.0 Å². The average Bonchev–Trinajstić information content (AvgIpc) is 2.35. The van der Waals surface area contributed by atoms with Crippen LogP contribution in [0.4, 0.5) is 0 Å². The molecule has 0 spiro atoms. The molecule has 0 aromatic heterocycles. The number of likely N-dealkylation sites (tertiary alicyclic amines) is 1. The quantitative estimate of drug-likeness (QED) is 0.801. The third-order valence-corrected chi connectivity index (χ3v) is 4.44. The number of nitriles is 1. The van der Waals surface area contributed by atoms with E-state index in [0.717, 1.165) is 41.4 Å². The van der Waals surface area contributed by atoms with Crippen molar-refractivity contribution in [3.63, 3.8) is 0 Å². The van der Waals surface area contributed by atoms with Gasteiger partial charge in [-0.05, 0) is 49.7 Å². The number of nitrogens with zero attached hydrogens (tertiary/aromatic N) is 2. The highest BCUT2D eigenvalue weighted by Gasteiger charge is 2.19. The van der Waals surface area contributed by atoms with Gasteiger partial charge in [0.1, 0.15) is 0 Å². The van der Waals surface area contributed by atoms with E-state index in [-0.39, 0.29) is 5.92 Å². The van der Waals surface area contributed by atoms with Crippen molar-refractivity contribution >= 4 is 31.9 Å². The first kappa shape index (κ1) is 13.1. The van der Waals surface area contributed by atoms with Gasteiger partial charge in [0.15, 0.2) is 0 Å². The zero-order valence-corrected chi connectivity index (χ0v) is 12.7. The van der Waals surface area contributed by atoms with E-state index in [4.69, 9.17) is 5.26 Å². The molecule has 0 aliphatic carbocycles. The van der Waals surface area contributed by atoms with Gasteiger partial charge in [-0.15, -0.1) is 0 Å². The Labute approximate surface area is 119 Å². The molecular formula is C13H14Br2N2. The van der Waals surface area contributed by atoms with Gasteiger partial charge in [0.25, 0.3) is 0 Å². The summed E-state index contributed by atoms with van der Waals surface area (Å²) in [4.78, 5) is 2.42. The minimum Gasteiger partial charge on any atom is -0.299 e. The first-order chi connectivity index (χ1) is 8.19. The SMILES string of the molecule is N#CC1CCN(Cc2cc(Br)ccc2Br)CC1. The zero-order chi connectivity index (χ0) is 12.3. The van der Waals surface area contributed by atoms with Gasteiger partial charge in [0.05, 0.1) is 6.07 Å². The van der Waals surface area contributed by atoms with Crippen LogP contribution in [0.2, 0.25) is 0 Å². The summed E-state index contributed by atoms with van der Waals surface area (Å²) >= 11 is 7.08. The topological polar surface area (TPSA) is 27.0 Å². The van der Waals surface area contributed by atoms with E-state index in [0.29, 0.717) is 0 Å². The lowest BCUT2D eigenvalue weighted by molar-refractivity contribution is 0.198. The molecule has 1 aliphatic rings. The van der Waals surface area contributed by atoms with Gasteiger partial charge >= 0.3 is 0 Å². The van der Waals surface area contributed by atoms with Crippen LogP contribution in [0.1, 0.15) is 18.4 Å². The smallest absolute Gasteiger partial charge is 0.0656 e. The zero-order valence-electron chi connectivity index (χ0n) is 9.50. The molecule has 0 bridgehead atoms. The highest BCUT2D eigenvalue weighted by Crippen LogP contribution is 2.25. The number of rotatable bonds is 2. The van der Waals surface area contributed by atoms with Crippen LogP contribution in [0.5, 0.6) is 0 Å². The van der Waals surface area contributed by atoms with E-state index in [1.807, 2.05) is 6.07 Å². The van der Waals surface area contributed by atoms with Crippen LogP contribution in [0.25, 0.3) is 0 Å². The Balaban J connectivity index is 1.98. The Morgan fingerprint density at radius 1 is 1.29 bits per heavy atom. The summed E-state index contributed by atoms with van der Waals surface area (Å²) < 4.78 is 2.27. The standard InChI is InChI=1S/C13H14Br2N2/c14-12-1-2-13(15)11(7-12)9-17-5-3-10(8-16)4-6-17/h1-2,7,10H,3-6,9H2. The van der Waals surface area contributed by atoms with E-state index in [9.17, 15) is 0 Å². The van der Waals surface area contributed by atoms with Crippen LogP contribution in [0.3, 0.4) is 0 Å². The molecular weight excluding hydrogens is 344 g/mol. The summed E-state index contributed by atoms with van der Waals surface area (Å²) in [7, 11) is 0. The second kappa shape index (κ2) is 5.99. The summed E-state index contributed by atoms with van der Waals surface area (Å²) in [6.07, 6.45) is 2.00. The van der Waals surface area contributed by atoms with Gasteiger partial charge in [0.2, 0.25) is 0 Å². The van der Waals surface area contributed by atoms with Gasteiger partial charge < -0.3 is 0 Å². The van der Waals surface area contributed by atoms with Crippen molar-refractivity contribution in [3.05, 3.63) is 32.7 Å². The van der Waals surface area contributed by atoms with Gasteiger partial charge in [0, 0.05) is 21.4 Å². The van der Waals surface area contributed by atoms with Crippen molar-refractivity contribution in [2.24, 2.45) is 5.92 Å². The van der Waals surface area contributed by atoms with Gasteiger partial charge in [-0.25, -0.2) is 0 Å². The molecule has 1 aliphatic heterocycles. The van der Waals surface area contributed by atoms with Gasteiger partial charge in [-0.3, -0.25) is 4.90 Å². The Kier molecular flexibility index (Phi) is 4.61. The number of hydrogen-bond acceptors (Lipinski definition) is 2. The number of benzene rings is 1. The fraction of sp³-hybridized carbons (Fsp3) is 0.462. The Bertz CT molecular complexity index is 432. The molecule has 2 rings (SSSR count). The Hall–Kier alpha value is -0.370. The summed E-state index contributed by atoms with van der Waals surface area (Å²) in [5.74, 6) is 0.261. The Morgan fingerprint density at radius 2 is 2.00 bits per heavy atom. The van der Waals surface area contributed by atoms with E-state index in [1.165, 1.54) is 5.56 Å². The summed E-state index contributed by atoms with van der Waals surface area (Å²) in [6.45, 7) is 3.01. The van der Waals surface area contributed by atoms with E-state index >= 15 is 0 Å². The third kappa shape index (κ3) is 3.54. The molecule has 90 valence electrons. The van der Waals surface area contributed by atoms with Crippen molar-refractivity contribution < 1.29 is 0 Å². The molecule has 1 heterocycles. The highest BCUT2D eigenvalue weighted by atomic mass is 79.9. The van der Waals surface area contributed by atoms with Gasteiger partial charge in [-0.2, -0.15) is 5.26 Å². The van der Waals surface area contributed by atoms with Gasteiger partial charge in [-0.1, -0.05) is 31.9 Å². The maximum absolute atomic E-state index is 8.87. The third-order valence-electron chi connectivity index (χ3n) is 3.17. The van der Waals surface area contributed by atoms with Crippen LogP contribution < -0.4 is 0 Å². The average molecular weight is 358 g/mol. The fourth-order valence-corrected chi connectivity index (χ4v) is 2.91. The molecule has 0 unspecified atom stereocenters. The molecule has 0 N–H and O–H groups in total. The molecule has 2 nitrogen and oxygen atoms in total. The first-order valence-corrected chi connectivity index (χ1v) is 7.33. The molecule has 1 aromatic carbocycles. The van der Waals surface area contributed by atoms with Crippen LogP contribution in [-0.2, 0) is 6.54 Å². The molecule has 0 amide bonds. The molecule has 0 radical (unpaired) electrons. The molecule has 0 atom stereocenters. The van der Waals surface area contributed by atoms with Crippen molar-refractivity contribution in [1.29, 1.82) is 5.26 Å². The van der Waals surface area contributed by atoms with E-state index in [2.05, 4.69) is 55.0 Å². The minimum absolute atomic E-state index is 0.261. The number of halogens is 2. The lowest BCUT2D eigenvalue weighted by atomic mass is 9.98. The van der Waals surface area contributed by atoms with Crippen molar-refractivity contribution in [2.75, 3.05) is 13.1 Å². The molecule has 1 fully saturated rings. The predicted molar refractivity (Wildman–Crippen MR) is 75.5 cm³/mol. The Morgan fingerprint density at radius 3 is 2.65 bits per heavy atom. The first-order valence-electron chi connectivity index (χ1n) is 5.75. The summed E-state index contributed by atoms with van der Waals surface area (Å²) in [5.41, 5.74) is 1.30. The second-order valence-electron chi connectivity index (χ2n) is 4.42. The molecule has 1 saturated heterocycles. The molecule has 17 heavy (non-hydrogen) atoms. The molecule has 4 heteroatoms.